The van der Waals surface area contributed by atoms with Gasteiger partial charge in [0.2, 0.25) is 0 Å². The first-order valence-corrected chi connectivity index (χ1v) is 10.8. The van der Waals surface area contributed by atoms with Gasteiger partial charge in [0.05, 0.1) is 18.4 Å². The third kappa shape index (κ3) is 5.85. The summed E-state index contributed by atoms with van der Waals surface area (Å²) in [6.07, 6.45) is 1.60. The van der Waals surface area contributed by atoms with Gasteiger partial charge in [-0.1, -0.05) is 22.0 Å². The SMILES string of the molecule is CCOC(=O)c1ccc(-n2c(C)cc(/C=N/NC(=O)COc3cccc(Br)c3)c2C)cc1. The third-order valence-corrected chi connectivity index (χ3v) is 5.16. The van der Waals surface area contributed by atoms with Crippen molar-refractivity contribution in [3.05, 3.63) is 81.6 Å². The van der Waals surface area contributed by atoms with E-state index in [0.29, 0.717) is 17.9 Å². The topological polar surface area (TPSA) is 81.9 Å². The molecule has 0 saturated carbocycles. The Bertz CT molecular complexity index is 1140. The van der Waals surface area contributed by atoms with Crippen LogP contribution >= 0.6 is 15.9 Å². The van der Waals surface area contributed by atoms with Crippen molar-refractivity contribution in [2.75, 3.05) is 13.2 Å². The van der Waals surface area contributed by atoms with Crippen LogP contribution in [0.25, 0.3) is 5.69 Å². The van der Waals surface area contributed by atoms with Crippen LogP contribution in [0.5, 0.6) is 5.75 Å². The van der Waals surface area contributed by atoms with E-state index in [1.165, 1.54) is 0 Å². The highest BCUT2D eigenvalue weighted by Gasteiger charge is 2.11. The summed E-state index contributed by atoms with van der Waals surface area (Å²) in [6, 6.07) is 16.5. The second-order valence-corrected chi connectivity index (χ2v) is 7.88. The summed E-state index contributed by atoms with van der Waals surface area (Å²) in [6.45, 7) is 5.92. The van der Waals surface area contributed by atoms with Crippen molar-refractivity contribution >= 4 is 34.0 Å². The summed E-state index contributed by atoms with van der Waals surface area (Å²) < 4.78 is 13.4. The van der Waals surface area contributed by atoms with Gasteiger partial charge in [0.1, 0.15) is 5.75 Å². The molecule has 0 aliphatic carbocycles. The molecule has 0 aliphatic rings. The summed E-state index contributed by atoms with van der Waals surface area (Å²) in [5.41, 5.74) is 6.72. The molecule has 32 heavy (non-hydrogen) atoms. The van der Waals surface area contributed by atoms with Crippen LogP contribution in [0.4, 0.5) is 0 Å². The average molecular weight is 498 g/mol. The van der Waals surface area contributed by atoms with Crippen LogP contribution in [0.2, 0.25) is 0 Å². The van der Waals surface area contributed by atoms with E-state index in [4.69, 9.17) is 9.47 Å². The zero-order valence-corrected chi connectivity index (χ0v) is 19.7. The summed E-state index contributed by atoms with van der Waals surface area (Å²) >= 11 is 3.36. The van der Waals surface area contributed by atoms with E-state index in [2.05, 4.69) is 31.0 Å². The molecule has 3 rings (SSSR count). The highest BCUT2D eigenvalue weighted by molar-refractivity contribution is 9.10. The van der Waals surface area contributed by atoms with Gasteiger partial charge in [0.15, 0.2) is 6.61 Å². The van der Waals surface area contributed by atoms with Crippen molar-refractivity contribution in [1.82, 2.24) is 9.99 Å². The predicted octanol–water partition coefficient (Wildman–Crippen LogP) is 4.56. The van der Waals surface area contributed by atoms with Crippen molar-refractivity contribution in [3.63, 3.8) is 0 Å². The zero-order valence-electron chi connectivity index (χ0n) is 18.1. The molecule has 1 N–H and O–H groups in total. The molecule has 166 valence electrons. The Kier molecular flexibility index (Phi) is 7.83. The predicted molar refractivity (Wildman–Crippen MR) is 127 cm³/mol. The number of rotatable bonds is 8. The van der Waals surface area contributed by atoms with Gasteiger partial charge in [-0.25, -0.2) is 10.2 Å². The number of aromatic nitrogens is 1. The Hall–Kier alpha value is -3.39. The number of nitrogens with zero attached hydrogens (tertiary/aromatic N) is 2. The minimum Gasteiger partial charge on any atom is -0.484 e. The number of halogens is 1. The number of aryl methyl sites for hydroxylation is 1. The van der Waals surface area contributed by atoms with Crippen LogP contribution < -0.4 is 10.2 Å². The lowest BCUT2D eigenvalue weighted by Crippen LogP contribution is -2.24. The van der Waals surface area contributed by atoms with E-state index >= 15 is 0 Å². The Labute approximate surface area is 195 Å². The van der Waals surface area contributed by atoms with Gasteiger partial charge in [-0.2, -0.15) is 5.10 Å². The van der Waals surface area contributed by atoms with Gasteiger partial charge in [-0.15, -0.1) is 0 Å². The Morgan fingerprint density at radius 3 is 2.56 bits per heavy atom. The van der Waals surface area contributed by atoms with E-state index in [1.54, 1.807) is 37.4 Å². The van der Waals surface area contributed by atoms with Crippen molar-refractivity contribution in [1.29, 1.82) is 0 Å². The second-order valence-electron chi connectivity index (χ2n) is 6.97. The smallest absolute Gasteiger partial charge is 0.338 e. The maximum atomic E-state index is 12.0. The molecule has 0 radical (unpaired) electrons. The maximum Gasteiger partial charge on any atom is 0.338 e. The Morgan fingerprint density at radius 1 is 1.12 bits per heavy atom. The summed E-state index contributed by atoms with van der Waals surface area (Å²) in [7, 11) is 0. The number of ether oxygens (including phenoxy) is 2. The fourth-order valence-corrected chi connectivity index (χ4v) is 3.57. The van der Waals surface area contributed by atoms with E-state index in [1.807, 2.05) is 44.2 Å². The number of amides is 1. The van der Waals surface area contributed by atoms with Crippen molar-refractivity contribution in [2.24, 2.45) is 5.10 Å². The lowest BCUT2D eigenvalue weighted by molar-refractivity contribution is -0.123. The van der Waals surface area contributed by atoms with Crippen LogP contribution in [-0.4, -0.2) is 35.9 Å². The largest absolute Gasteiger partial charge is 0.484 e. The van der Waals surface area contributed by atoms with Gasteiger partial charge in [-0.3, -0.25) is 4.79 Å². The van der Waals surface area contributed by atoms with Crippen molar-refractivity contribution < 1.29 is 19.1 Å². The van der Waals surface area contributed by atoms with E-state index in [-0.39, 0.29) is 18.5 Å². The standard InChI is InChI=1S/C24H24BrN3O4/c1-4-31-24(30)18-8-10-21(11-9-18)28-16(2)12-19(17(28)3)14-26-27-23(29)15-32-22-7-5-6-20(25)13-22/h5-14H,4,15H2,1-3H3,(H,27,29)/b26-14+. The third-order valence-electron chi connectivity index (χ3n) is 4.67. The van der Waals surface area contributed by atoms with Gasteiger partial charge in [-0.05, 0) is 69.3 Å². The molecule has 0 unspecified atom stereocenters. The van der Waals surface area contributed by atoms with Crippen LogP contribution in [-0.2, 0) is 9.53 Å². The number of hydrogen-bond acceptors (Lipinski definition) is 5. The highest BCUT2D eigenvalue weighted by Crippen LogP contribution is 2.21. The van der Waals surface area contributed by atoms with Gasteiger partial charge in [0.25, 0.3) is 5.91 Å². The average Bonchev–Trinajstić information content (AvgIpc) is 3.05. The van der Waals surface area contributed by atoms with E-state index in [0.717, 1.165) is 27.1 Å². The van der Waals surface area contributed by atoms with Crippen LogP contribution in [0.15, 0.2) is 64.2 Å². The molecular weight excluding hydrogens is 474 g/mol. The molecule has 0 spiro atoms. The first-order valence-electron chi connectivity index (χ1n) is 10.1. The monoisotopic (exact) mass is 497 g/mol. The Morgan fingerprint density at radius 2 is 1.88 bits per heavy atom. The molecule has 1 amide bonds. The number of esters is 1. The lowest BCUT2D eigenvalue weighted by atomic mass is 10.2. The quantitative estimate of drug-likeness (QED) is 0.281. The number of nitrogens with one attached hydrogen (secondary N) is 1. The molecule has 0 fully saturated rings. The first kappa shape index (κ1) is 23.3. The minimum atomic E-state index is -0.357. The van der Waals surface area contributed by atoms with Gasteiger partial charge >= 0.3 is 5.97 Å². The van der Waals surface area contributed by atoms with E-state index in [9.17, 15) is 9.59 Å². The fourth-order valence-electron chi connectivity index (χ4n) is 3.19. The molecule has 3 aromatic rings. The molecule has 0 aliphatic heterocycles. The van der Waals surface area contributed by atoms with Crippen LogP contribution in [0.3, 0.4) is 0 Å². The highest BCUT2D eigenvalue weighted by atomic mass is 79.9. The molecule has 7 nitrogen and oxygen atoms in total. The number of hydrazone groups is 1. The fraction of sp³-hybridized carbons (Fsp3) is 0.208. The molecule has 0 atom stereocenters. The Balaban J connectivity index is 1.63. The normalized spacial score (nSPS) is 10.9. The molecule has 0 saturated heterocycles. The van der Waals surface area contributed by atoms with Gasteiger partial charge in [0, 0.05) is 27.1 Å². The summed E-state index contributed by atoms with van der Waals surface area (Å²) in [5.74, 6) is -0.104. The number of carbonyl (C=O) groups is 2. The summed E-state index contributed by atoms with van der Waals surface area (Å²) in [4.78, 5) is 23.9. The number of benzene rings is 2. The minimum absolute atomic E-state index is 0.139. The van der Waals surface area contributed by atoms with Crippen molar-refractivity contribution in [3.8, 4) is 11.4 Å². The second kappa shape index (κ2) is 10.8. The molecule has 0 bridgehead atoms. The first-order chi connectivity index (χ1) is 15.4. The van der Waals surface area contributed by atoms with Crippen LogP contribution in [0, 0.1) is 13.8 Å². The zero-order chi connectivity index (χ0) is 23.1. The molecule has 1 heterocycles. The number of carbonyl (C=O) groups excluding carboxylic acids is 2. The van der Waals surface area contributed by atoms with Crippen molar-refractivity contribution in [2.45, 2.75) is 20.8 Å². The number of hydrogen-bond donors (Lipinski definition) is 1. The molecule has 2 aromatic carbocycles. The molecule has 8 heteroatoms. The van der Waals surface area contributed by atoms with Crippen LogP contribution in [0.1, 0.15) is 34.2 Å². The van der Waals surface area contributed by atoms with E-state index < -0.39 is 0 Å². The lowest BCUT2D eigenvalue weighted by Gasteiger charge is -2.10. The summed E-state index contributed by atoms with van der Waals surface area (Å²) in [5, 5.41) is 4.05. The molecule has 1 aromatic heterocycles. The van der Waals surface area contributed by atoms with Gasteiger partial charge < -0.3 is 14.0 Å². The molecular formula is C24H24BrN3O4. The maximum absolute atomic E-state index is 12.0.